The number of hydrogen-bond acceptors (Lipinski definition) is 1. The largest absolute Gasteiger partial charge is 0.342 e. The number of benzene rings is 2. The molecule has 1 saturated heterocycles. The van der Waals surface area contributed by atoms with E-state index in [4.69, 9.17) is 0 Å². The van der Waals surface area contributed by atoms with Crippen LogP contribution < -0.4 is 0 Å². The van der Waals surface area contributed by atoms with Crippen LogP contribution in [0.15, 0.2) is 54.6 Å². The van der Waals surface area contributed by atoms with Gasteiger partial charge in [0.1, 0.15) is 0 Å². The smallest absolute Gasteiger partial charge is 0.229 e. The molecule has 0 spiro atoms. The molecule has 27 heavy (non-hydrogen) atoms. The molecule has 1 fully saturated rings. The topological polar surface area (TPSA) is 20.3 Å². The minimum Gasteiger partial charge on any atom is -0.342 e. The summed E-state index contributed by atoms with van der Waals surface area (Å²) in [6.45, 7) is 8.36. The average Bonchev–Trinajstić information content (AvgIpc) is 2.68. The highest BCUT2D eigenvalue weighted by molar-refractivity contribution is 5.83. The van der Waals surface area contributed by atoms with Crippen LogP contribution >= 0.6 is 0 Å². The molecule has 0 N–H and O–H groups in total. The fraction of sp³-hybridized carbons (Fsp3) is 0.480. The SMILES string of the molecule is CC(C)Cc1ccccc1C(C)C(=O)N1CCCC(Cc2ccccc2)C1. The van der Waals surface area contributed by atoms with Crippen molar-refractivity contribution in [1.29, 1.82) is 0 Å². The summed E-state index contributed by atoms with van der Waals surface area (Å²) in [7, 11) is 0. The molecule has 0 bridgehead atoms. The fourth-order valence-corrected chi connectivity index (χ4v) is 4.37. The molecule has 3 rings (SSSR count). The Morgan fingerprint density at radius 3 is 2.48 bits per heavy atom. The van der Waals surface area contributed by atoms with Gasteiger partial charge < -0.3 is 4.90 Å². The molecule has 2 unspecified atom stereocenters. The number of likely N-dealkylation sites (tertiary alicyclic amines) is 1. The number of rotatable bonds is 6. The highest BCUT2D eigenvalue weighted by atomic mass is 16.2. The van der Waals surface area contributed by atoms with Gasteiger partial charge in [-0.15, -0.1) is 0 Å². The zero-order chi connectivity index (χ0) is 19.2. The molecular formula is C25H33NO. The van der Waals surface area contributed by atoms with Crippen LogP contribution in [0.5, 0.6) is 0 Å². The Hall–Kier alpha value is -2.09. The lowest BCUT2D eigenvalue weighted by atomic mass is 9.88. The van der Waals surface area contributed by atoms with Crippen LogP contribution in [0, 0.1) is 11.8 Å². The Labute approximate surface area is 164 Å². The van der Waals surface area contributed by atoms with E-state index in [1.165, 1.54) is 23.1 Å². The van der Waals surface area contributed by atoms with Crippen LogP contribution in [0.3, 0.4) is 0 Å². The Morgan fingerprint density at radius 1 is 1.04 bits per heavy atom. The van der Waals surface area contributed by atoms with E-state index >= 15 is 0 Å². The average molecular weight is 364 g/mol. The number of carbonyl (C=O) groups excluding carboxylic acids is 1. The van der Waals surface area contributed by atoms with Crippen molar-refractivity contribution in [2.24, 2.45) is 11.8 Å². The maximum atomic E-state index is 13.3. The quantitative estimate of drug-likeness (QED) is 0.666. The monoisotopic (exact) mass is 363 g/mol. The summed E-state index contributed by atoms with van der Waals surface area (Å²) in [5, 5.41) is 0. The van der Waals surface area contributed by atoms with Gasteiger partial charge in [-0.3, -0.25) is 4.79 Å². The van der Waals surface area contributed by atoms with Gasteiger partial charge >= 0.3 is 0 Å². The lowest BCUT2D eigenvalue weighted by molar-refractivity contribution is -0.134. The van der Waals surface area contributed by atoms with E-state index in [-0.39, 0.29) is 5.92 Å². The zero-order valence-corrected chi connectivity index (χ0v) is 17.0. The normalized spacial score (nSPS) is 18.5. The molecule has 0 saturated carbocycles. The molecule has 2 heteroatoms. The maximum Gasteiger partial charge on any atom is 0.229 e. The molecule has 2 atom stereocenters. The van der Waals surface area contributed by atoms with E-state index in [2.05, 4.69) is 80.3 Å². The van der Waals surface area contributed by atoms with E-state index in [9.17, 15) is 4.79 Å². The molecule has 2 nitrogen and oxygen atoms in total. The van der Waals surface area contributed by atoms with E-state index in [1.807, 2.05) is 0 Å². The molecule has 1 heterocycles. The first-order chi connectivity index (χ1) is 13.0. The predicted octanol–water partition coefficient (Wildman–Crippen LogP) is 5.47. The van der Waals surface area contributed by atoms with Crippen molar-refractivity contribution in [2.45, 2.75) is 52.4 Å². The Morgan fingerprint density at radius 2 is 1.74 bits per heavy atom. The second-order valence-corrected chi connectivity index (χ2v) is 8.50. The Bertz CT molecular complexity index is 737. The molecule has 0 aliphatic carbocycles. The summed E-state index contributed by atoms with van der Waals surface area (Å²) in [6, 6.07) is 19.2. The fourth-order valence-electron chi connectivity index (χ4n) is 4.37. The van der Waals surface area contributed by atoms with Crippen molar-refractivity contribution in [1.82, 2.24) is 4.90 Å². The van der Waals surface area contributed by atoms with E-state index in [0.717, 1.165) is 32.4 Å². The third kappa shape index (κ3) is 5.22. The summed E-state index contributed by atoms with van der Waals surface area (Å²) >= 11 is 0. The summed E-state index contributed by atoms with van der Waals surface area (Å²) in [5.41, 5.74) is 3.92. The summed E-state index contributed by atoms with van der Waals surface area (Å²) in [4.78, 5) is 15.4. The van der Waals surface area contributed by atoms with Crippen molar-refractivity contribution in [2.75, 3.05) is 13.1 Å². The van der Waals surface area contributed by atoms with Crippen LogP contribution in [0.2, 0.25) is 0 Å². The molecule has 144 valence electrons. The highest BCUT2D eigenvalue weighted by Gasteiger charge is 2.28. The number of carbonyl (C=O) groups is 1. The second-order valence-electron chi connectivity index (χ2n) is 8.50. The second kappa shape index (κ2) is 9.21. The Balaban J connectivity index is 1.68. The van der Waals surface area contributed by atoms with Gasteiger partial charge in [0.25, 0.3) is 0 Å². The van der Waals surface area contributed by atoms with Gasteiger partial charge in [-0.2, -0.15) is 0 Å². The van der Waals surface area contributed by atoms with Crippen molar-refractivity contribution >= 4 is 5.91 Å². The number of amides is 1. The van der Waals surface area contributed by atoms with Crippen molar-refractivity contribution in [3.63, 3.8) is 0 Å². The number of piperidine rings is 1. The van der Waals surface area contributed by atoms with Crippen molar-refractivity contribution in [3.05, 3.63) is 71.3 Å². The van der Waals surface area contributed by atoms with Gasteiger partial charge in [0.15, 0.2) is 0 Å². The van der Waals surface area contributed by atoms with Gasteiger partial charge in [-0.1, -0.05) is 68.4 Å². The molecule has 1 amide bonds. The van der Waals surface area contributed by atoms with Crippen LogP contribution in [-0.4, -0.2) is 23.9 Å². The summed E-state index contributed by atoms with van der Waals surface area (Å²) in [5.74, 6) is 1.40. The standard InChI is InChI=1S/C25H33NO/c1-19(2)16-23-13-7-8-14-24(23)20(3)25(27)26-15-9-12-22(18-26)17-21-10-5-4-6-11-21/h4-8,10-11,13-14,19-20,22H,9,12,15-18H2,1-3H3. The van der Waals surface area contributed by atoms with Crippen molar-refractivity contribution in [3.8, 4) is 0 Å². The number of hydrogen-bond donors (Lipinski definition) is 0. The third-order valence-electron chi connectivity index (χ3n) is 5.72. The predicted molar refractivity (Wildman–Crippen MR) is 113 cm³/mol. The molecule has 1 aliphatic heterocycles. The van der Waals surface area contributed by atoms with Crippen LogP contribution in [-0.2, 0) is 17.6 Å². The van der Waals surface area contributed by atoms with E-state index in [0.29, 0.717) is 17.7 Å². The molecule has 1 aliphatic rings. The Kier molecular flexibility index (Phi) is 6.71. The van der Waals surface area contributed by atoms with E-state index in [1.54, 1.807) is 0 Å². The van der Waals surface area contributed by atoms with E-state index < -0.39 is 0 Å². The third-order valence-corrected chi connectivity index (χ3v) is 5.72. The lowest BCUT2D eigenvalue weighted by Gasteiger charge is -2.35. The van der Waals surface area contributed by atoms with Crippen LogP contribution in [0.4, 0.5) is 0 Å². The molecular weight excluding hydrogens is 330 g/mol. The minimum absolute atomic E-state index is 0.0598. The summed E-state index contributed by atoms with van der Waals surface area (Å²) < 4.78 is 0. The van der Waals surface area contributed by atoms with Gasteiger partial charge in [0, 0.05) is 13.1 Å². The van der Waals surface area contributed by atoms with Gasteiger partial charge in [-0.25, -0.2) is 0 Å². The van der Waals surface area contributed by atoms with Crippen LogP contribution in [0.1, 0.15) is 56.2 Å². The molecule has 2 aromatic carbocycles. The lowest BCUT2D eigenvalue weighted by Crippen LogP contribution is -2.42. The van der Waals surface area contributed by atoms with Gasteiger partial charge in [0.2, 0.25) is 5.91 Å². The minimum atomic E-state index is -0.0598. The first-order valence-electron chi connectivity index (χ1n) is 10.4. The highest BCUT2D eigenvalue weighted by Crippen LogP contribution is 2.27. The maximum absolute atomic E-state index is 13.3. The first kappa shape index (κ1) is 19.7. The van der Waals surface area contributed by atoms with Crippen molar-refractivity contribution < 1.29 is 4.79 Å². The first-order valence-corrected chi connectivity index (χ1v) is 10.4. The van der Waals surface area contributed by atoms with Gasteiger partial charge in [-0.05, 0) is 61.1 Å². The molecule has 0 radical (unpaired) electrons. The van der Waals surface area contributed by atoms with Crippen LogP contribution in [0.25, 0.3) is 0 Å². The zero-order valence-electron chi connectivity index (χ0n) is 17.0. The summed E-state index contributed by atoms with van der Waals surface area (Å²) in [6.07, 6.45) is 4.44. The molecule has 0 aromatic heterocycles. The van der Waals surface area contributed by atoms with Gasteiger partial charge in [0.05, 0.1) is 5.92 Å². The molecule has 2 aromatic rings. The number of nitrogens with zero attached hydrogens (tertiary/aromatic N) is 1.